The number of carbonyl (C=O) groups is 2. The Morgan fingerprint density at radius 2 is 1.89 bits per heavy atom. The van der Waals surface area contributed by atoms with Gasteiger partial charge in [-0.2, -0.15) is 5.10 Å². The first-order valence-corrected chi connectivity index (χ1v) is 12.6. The fourth-order valence-corrected chi connectivity index (χ4v) is 5.00. The summed E-state index contributed by atoms with van der Waals surface area (Å²) < 4.78 is 7.53. The smallest absolute Gasteiger partial charge is 0.261 e. The number of hydrogen-bond donors (Lipinski definition) is 2. The SMILES string of the molecule is Cc1nn(Cc2ccccc2)c2sc(C(=O)NC(C)c3ccc(OCC(=O)NC4CC4)cc3)cc12. The Kier molecular flexibility index (Phi) is 6.55. The Hall–Kier alpha value is -3.65. The topological polar surface area (TPSA) is 85.2 Å². The molecule has 2 heterocycles. The molecular weight excluding hydrogens is 460 g/mol. The van der Waals surface area contributed by atoms with Crippen LogP contribution in [0.5, 0.6) is 5.75 Å². The number of benzene rings is 2. The number of rotatable bonds is 9. The van der Waals surface area contributed by atoms with E-state index in [4.69, 9.17) is 4.74 Å². The van der Waals surface area contributed by atoms with Crippen LogP contribution in [0.2, 0.25) is 0 Å². The summed E-state index contributed by atoms with van der Waals surface area (Å²) >= 11 is 1.46. The predicted molar refractivity (Wildman–Crippen MR) is 137 cm³/mol. The summed E-state index contributed by atoms with van der Waals surface area (Å²) in [5, 5.41) is 11.7. The molecule has 7 nitrogen and oxygen atoms in total. The van der Waals surface area contributed by atoms with Crippen LogP contribution in [0.3, 0.4) is 0 Å². The molecule has 0 saturated heterocycles. The van der Waals surface area contributed by atoms with Crippen molar-refractivity contribution in [3.8, 4) is 5.75 Å². The van der Waals surface area contributed by atoms with E-state index < -0.39 is 0 Å². The van der Waals surface area contributed by atoms with E-state index in [1.807, 2.05) is 67.1 Å². The summed E-state index contributed by atoms with van der Waals surface area (Å²) in [6.07, 6.45) is 2.11. The Morgan fingerprint density at radius 1 is 1.14 bits per heavy atom. The number of amides is 2. The fourth-order valence-electron chi connectivity index (χ4n) is 3.94. The zero-order valence-corrected chi connectivity index (χ0v) is 20.6. The van der Waals surface area contributed by atoms with Gasteiger partial charge in [-0.15, -0.1) is 11.3 Å². The van der Waals surface area contributed by atoms with Crippen molar-refractivity contribution in [1.82, 2.24) is 20.4 Å². The van der Waals surface area contributed by atoms with Gasteiger partial charge < -0.3 is 15.4 Å². The van der Waals surface area contributed by atoms with Gasteiger partial charge in [-0.1, -0.05) is 42.5 Å². The zero-order valence-electron chi connectivity index (χ0n) is 19.8. The predicted octanol–water partition coefficient (Wildman–Crippen LogP) is 4.60. The van der Waals surface area contributed by atoms with E-state index in [1.54, 1.807) is 0 Å². The molecule has 4 aromatic rings. The number of ether oxygens (including phenoxy) is 1. The second-order valence-electron chi connectivity index (χ2n) is 8.95. The van der Waals surface area contributed by atoms with E-state index in [0.717, 1.165) is 34.3 Å². The first kappa shape index (κ1) is 23.1. The van der Waals surface area contributed by atoms with Crippen molar-refractivity contribution in [2.75, 3.05) is 6.61 Å². The largest absolute Gasteiger partial charge is 0.484 e. The highest BCUT2D eigenvalue weighted by atomic mass is 32.1. The maximum absolute atomic E-state index is 13.0. The molecule has 0 aliphatic heterocycles. The molecule has 1 unspecified atom stereocenters. The number of nitrogens with one attached hydrogen (secondary N) is 2. The molecule has 2 amide bonds. The summed E-state index contributed by atoms with van der Waals surface area (Å²) in [7, 11) is 0. The van der Waals surface area contributed by atoms with Crippen LogP contribution in [-0.2, 0) is 11.3 Å². The molecule has 2 aromatic carbocycles. The van der Waals surface area contributed by atoms with Crippen LogP contribution in [-0.4, -0.2) is 34.2 Å². The lowest BCUT2D eigenvalue weighted by Crippen LogP contribution is -2.30. The van der Waals surface area contributed by atoms with Gasteiger partial charge in [0.25, 0.3) is 11.8 Å². The lowest BCUT2D eigenvalue weighted by atomic mass is 10.1. The van der Waals surface area contributed by atoms with E-state index in [9.17, 15) is 9.59 Å². The highest BCUT2D eigenvalue weighted by molar-refractivity contribution is 7.20. The molecule has 35 heavy (non-hydrogen) atoms. The molecule has 1 aliphatic rings. The maximum atomic E-state index is 13.0. The van der Waals surface area contributed by atoms with Crippen molar-refractivity contribution in [1.29, 1.82) is 0 Å². The first-order valence-electron chi connectivity index (χ1n) is 11.8. The molecule has 8 heteroatoms. The van der Waals surface area contributed by atoms with Crippen LogP contribution < -0.4 is 15.4 Å². The monoisotopic (exact) mass is 488 g/mol. The van der Waals surface area contributed by atoms with E-state index in [2.05, 4.69) is 27.9 Å². The summed E-state index contributed by atoms with van der Waals surface area (Å²) in [5.74, 6) is 0.422. The number of carbonyl (C=O) groups excluding carboxylic acids is 2. The summed E-state index contributed by atoms with van der Waals surface area (Å²) in [6.45, 7) is 4.60. The van der Waals surface area contributed by atoms with Crippen molar-refractivity contribution in [3.63, 3.8) is 0 Å². The van der Waals surface area contributed by atoms with Gasteiger partial charge in [-0.25, -0.2) is 0 Å². The molecule has 1 saturated carbocycles. The Labute approximate surface area is 208 Å². The van der Waals surface area contributed by atoms with Crippen molar-refractivity contribution in [2.45, 2.75) is 45.3 Å². The van der Waals surface area contributed by atoms with Crippen LogP contribution >= 0.6 is 11.3 Å². The average Bonchev–Trinajstić information content (AvgIpc) is 3.47. The second-order valence-corrected chi connectivity index (χ2v) is 9.98. The third kappa shape index (κ3) is 5.54. The van der Waals surface area contributed by atoms with Crippen LogP contribution in [0.4, 0.5) is 0 Å². The van der Waals surface area contributed by atoms with Crippen LogP contribution in [0.25, 0.3) is 10.2 Å². The van der Waals surface area contributed by atoms with Gasteiger partial charge in [-0.05, 0) is 56.0 Å². The van der Waals surface area contributed by atoms with Gasteiger partial charge in [0, 0.05) is 11.4 Å². The van der Waals surface area contributed by atoms with Gasteiger partial charge in [-0.3, -0.25) is 14.3 Å². The van der Waals surface area contributed by atoms with E-state index >= 15 is 0 Å². The number of hydrogen-bond acceptors (Lipinski definition) is 5. The molecule has 2 N–H and O–H groups in total. The molecule has 2 aromatic heterocycles. The average molecular weight is 489 g/mol. The molecule has 1 aliphatic carbocycles. The van der Waals surface area contributed by atoms with Gasteiger partial charge >= 0.3 is 0 Å². The van der Waals surface area contributed by atoms with Gasteiger partial charge in [0.2, 0.25) is 0 Å². The van der Waals surface area contributed by atoms with Crippen molar-refractivity contribution >= 4 is 33.4 Å². The van der Waals surface area contributed by atoms with Crippen LogP contribution in [0.15, 0.2) is 60.7 Å². The Morgan fingerprint density at radius 3 is 2.60 bits per heavy atom. The standard InChI is InChI=1S/C27H28N4O3S/c1-17(20-8-12-22(13-9-20)34-16-25(32)29-21-10-11-21)28-26(33)24-14-23-18(2)30-31(27(23)35-24)15-19-6-4-3-5-7-19/h3-9,12-14,17,21H,10-11,15-16H2,1-2H3,(H,28,33)(H,29,32). The quantitative estimate of drug-likeness (QED) is 0.361. The lowest BCUT2D eigenvalue weighted by Gasteiger charge is -2.14. The van der Waals surface area contributed by atoms with Crippen molar-refractivity contribution in [3.05, 3.63) is 82.4 Å². The minimum absolute atomic E-state index is 0.00912. The summed E-state index contributed by atoms with van der Waals surface area (Å²) in [6, 6.07) is 19.7. The van der Waals surface area contributed by atoms with Gasteiger partial charge in [0.15, 0.2) is 6.61 Å². The summed E-state index contributed by atoms with van der Waals surface area (Å²) in [5.41, 5.74) is 3.04. The van der Waals surface area contributed by atoms with E-state index in [-0.39, 0.29) is 24.5 Å². The maximum Gasteiger partial charge on any atom is 0.261 e. The third-order valence-electron chi connectivity index (χ3n) is 6.05. The number of fused-ring (bicyclic) bond motifs is 1. The molecule has 0 bridgehead atoms. The molecule has 1 fully saturated rings. The highest BCUT2D eigenvalue weighted by Crippen LogP contribution is 2.29. The van der Waals surface area contributed by atoms with Gasteiger partial charge in [0.05, 0.1) is 23.2 Å². The minimum atomic E-state index is -0.179. The molecular formula is C27H28N4O3S. The molecule has 0 spiro atoms. The second kappa shape index (κ2) is 9.92. The van der Waals surface area contributed by atoms with Crippen molar-refractivity contribution in [2.24, 2.45) is 0 Å². The number of nitrogens with zero attached hydrogens (tertiary/aromatic N) is 2. The highest BCUT2D eigenvalue weighted by Gasteiger charge is 2.23. The molecule has 180 valence electrons. The Bertz CT molecular complexity index is 1340. The lowest BCUT2D eigenvalue weighted by molar-refractivity contribution is -0.123. The summed E-state index contributed by atoms with van der Waals surface area (Å²) in [4.78, 5) is 26.5. The van der Waals surface area contributed by atoms with Gasteiger partial charge in [0.1, 0.15) is 10.6 Å². The molecule has 1 atom stereocenters. The van der Waals surface area contributed by atoms with E-state index in [0.29, 0.717) is 23.2 Å². The fraction of sp³-hybridized carbons (Fsp3) is 0.296. The number of thiophene rings is 1. The van der Waals surface area contributed by atoms with Crippen LogP contribution in [0, 0.1) is 6.92 Å². The van der Waals surface area contributed by atoms with E-state index in [1.165, 1.54) is 16.9 Å². The first-order chi connectivity index (χ1) is 17.0. The normalized spacial score (nSPS) is 14.0. The minimum Gasteiger partial charge on any atom is -0.484 e. The van der Waals surface area contributed by atoms with Crippen LogP contribution in [0.1, 0.15) is 52.3 Å². The molecule has 5 rings (SSSR count). The van der Waals surface area contributed by atoms with Crippen molar-refractivity contribution < 1.29 is 14.3 Å². The third-order valence-corrected chi connectivity index (χ3v) is 7.19. The number of aryl methyl sites for hydroxylation is 1. The Balaban J connectivity index is 1.21. The zero-order chi connectivity index (χ0) is 24.4. The number of aromatic nitrogens is 2. The molecule has 0 radical (unpaired) electrons.